The zero-order valence-corrected chi connectivity index (χ0v) is 20.4. The molecule has 35 heavy (non-hydrogen) atoms. The number of morpholine rings is 1. The highest BCUT2D eigenvalue weighted by molar-refractivity contribution is 7.20. The summed E-state index contributed by atoms with van der Waals surface area (Å²) in [6, 6.07) is 14.0. The lowest BCUT2D eigenvalue weighted by molar-refractivity contribution is 0.0741. The molecule has 0 spiro atoms. The number of amides is 1. The molecule has 0 radical (unpaired) electrons. The van der Waals surface area contributed by atoms with E-state index in [9.17, 15) is 4.79 Å². The van der Waals surface area contributed by atoms with Crippen LogP contribution < -0.4 is 21.3 Å². The SMILES string of the molecule is C=C(N=Cc1ccc2sc(C(=O)N3CCNCC3)cc2c1N)Nc1cccc(N2CCOCC2)c1. The summed E-state index contributed by atoms with van der Waals surface area (Å²) in [6.45, 7) is 10.4. The molecule has 2 aliphatic rings. The maximum absolute atomic E-state index is 12.9. The molecule has 3 aromatic rings. The summed E-state index contributed by atoms with van der Waals surface area (Å²) in [4.78, 5) is 22.3. The van der Waals surface area contributed by atoms with Gasteiger partial charge in [0.2, 0.25) is 0 Å². The van der Waals surface area contributed by atoms with Crippen LogP contribution in [-0.2, 0) is 4.74 Å². The minimum absolute atomic E-state index is 0.0687. The Morgan fingerprint density at radius 3 is 2.74 bits per heavy atom. The quantitative estimate of drug-likeness (QED) is 0.362. The van der Waals surface area contributed by atoms with Gasteiger partial charge in [-0.05, 0) is 36.4 Å². The molecule has 3 heterocycles. The summed E-state index contributed by atoms with van der Waals surface area (Å²) >= 11 is 1.48. The number of hydrogen-bond acceptors (Lipinski definition) is 8. The second-order valence-corrected chi connectivity index (χ2v) is 9.70. The van der Waals surface area contributed by atoms with Gasteiger partial charge in [0, 0.05) is 78.2 Å². The number of fused-ring (bicyclic) bond motifs is 1. The third-order valence-electron chi connectivity index (χ3n) is 6.26. The molecular formula is C26H30N6O2S. The van der Waals surface area contributed by atoms with Crippen LogP contribution in [0.3, 0.4) is 0 Å². The molecule has 8 nitrogen and oxygen atoms in total. The molecule has 1 amide bonds. The first-order chi connectivity index (χ1) is 17.1. The van der Waals surface area contributed by atoms with E-state index in [1.165, 1.54) is 11.3 Å². The van der Waals surface area contributed by atoms with Crippen molar-refractivity contribution in [2.75, 3.05) is 68.4 Å². The van der Waals surface area contributed by atoms with E-state index < -0.39 is 0 Å². The van der Waals surface area contributed by atoms with Gasteiger partial charge in [0.05, 0.1) is 18.1 Å². The average Bonchev–Trinajstić information content (AvgIpc) is 3.34. The summed E-state index contributed by atoms with van der Waals surface area (Å²) in [5.74, 6) is 0.586. The zero-order valence-electron chi connectivity index (χ0n) is 19.6. The fourth-order valence-corrected chi connectivity index (χ4v) is 5.39. The summed E-state index contributed by atoms with van der Waals surface area (Å²) in [6.07, 6.45) is 1.71. The highest BCUT2D eigenvalue weighted by Crippen LogP contribution is 2.32. The molecule has 182 valence electrons. The third kappa shape index (κ3) is 5.32. The Morgan fingerprint density at radius 1 is 1.14 bits per heavy atom. The van der Waals surface area contributed by atoms with E-state index in [0.29, 0.717) is 16.4 Å². The largest absolute Gasteiger partial charge is 0.398 e. The van der Waals surface area contributed by atoms with Crippen LogP contribution in [0, 0.1) is 0 Å². The highest BCUT2D eigenvalue weighted by Gasteiger charge is 2.21. The van der Waals surface area contributed by atoms with Crippen LogP contribution in [-0.4, -0.2) is 69.5 Å². The van der Waals surface area contributed by atoms with Crippen molar-refractivity contribution in [3.63, 3.8) is 0 Å². The molecule has 2 aliphatic heterocycles. The van der Waals surface area contributed by atoms with Gasteiger partial charge in [-0.2, -0.15) is 0 Å². The second-order valence-electron chi connectivity index (χ2n) is 8.61. The van der Waals surface area contributed by atoms with E-state index >= 15 is 0 Å². The molecule has 2 aromatic carbocycles. The molecule has 0 saturated carbocycles. The van der Waals surface area contributed by atoms with E-state index in [0.717, 1.165) is 79.5 Å². The second kappa shape index (κ2) is 10.5. The van der Waals surface area contributed by atoms with Crippen molar-refractivity contribution in [3.05, 3.63) is 65.3 Å². The van der Waals surface area contributed by atoms with E-state index in [1.807, 2.05) is 35.2 Å². The molecule has 9 heteroatoms. The molecule has 0 aliphatic carbocycles. The van der Waals surface area contributed by atoms with Gasteiger partial charge in [0.15, 0.2) is 0 Å². The standard InChI is InChI=1S/C26H30N6O2S/c1-18(30-20-3-2-4-21(15-20)31-11-13-34-14-12-31)29-17-19-5-6-23-22(25(19)27)16-24(35-23)26(33)32-9-7-28-8-10-32/h2-6,15-17,28,30H,1,7-14,27H2. The number of hydrogen-bond donors (Lipinski definition) is 3. The Labute approximate surface area is 209 Å². The number of benzene rings is 2. The molecule has 2 fully saturated rings. The summed E-state index contributed by atoms with van der Waals surface area (Å²) < 4.78 is 6.44. The summed E-state index contributed by atoms with van der Waals surface area (Å²) in [7, 11) is 0. The molecular weight excluding hydrogens is 460 g/mol. The third-order valence-corrected chi connectivity index (χ3v) is 7.35. The smallest absolute Gasteiger partial charge is 0.264 e. The van der Waals surface area contributed by atoms with Gasteiger partial charge in [0.25, 0.3) is 5.91 Å². The van der Waals surface area contributed by atoms with E-state index in [4.69, 9.17) is 10.5 Å². The lowest BCUT2D eigenvalue weighted by Crippen LogP contribution is -2.46. The number of rotatable bonds is 6. The van der Waals surface area contributed by atoms with E-state index in [1.54, 1.807) is 6.21 Å². The van der Waals surface area contributed by atoms with Crippen molar-refractivity contribution in [1.82, 2.24) is 10.2 Å². The van der Waals surface area contributed by atoms with Crippen LogP contribution in [0.2, 0.25) is 0 Å². The van der Waals surface area contributed by atoms with Gasteiger partial charge in [-0.1, -0.05) is 12.6 Å². The number of thiophene rings is 1. The van der Waals surface area contributed by atoms with Crippen molar-refractivity contribution in [2.24, 2.45) is 4.99 Å². The lowest BCUT2D eigenvalue weighted by Gasteiger charge is -2.29. The van der Waals surface area contributed by atoms with Crippen LogP contribution in [0.1, 0.15) is 15.2 Å². The Morgan fingerprint density at radius 2 is 1.94 bits per heavy atom. The van der Waals surface area contributed by atoms with Gasteiger partial charge in [-0.15, -0.1) is 11.3 Å². The number of anilines is 3. The number of piperazine rings is 1. The monoisotopic (exact) mass is 490 g/mol. The van der Waals surface area contributed by atoms with Crippen molar-refractivity contribution in [2.45, 2.75) is 0 Å². The van der Waals surface area contributed by atoms with Gasteiger partial charge in [0.1, 0.15) is 5.82 Å². The van der Waals surface area contributed by atoms with Crippen molar-refractivity contribution in [3.8, 4) is 0 Å². The first kappa shape index (κ1) is 23.3. The maximum Gasteiger partial charge on any atom is 0.264 e. The lowest BCUT2D eigenvalue weighted by atomic mass is 10.1. The van der Waals surface area contributed by atoms with Crippen LogP contribution >= 0.6 is 11.3 Å². The molecule has 0 unspecified atom stereocenters. The Hall–Kier alpha value is -3.40. The Balaban J connectivity index is 1.28. The van der Waals surface area contributed by atoms with Crippen molar-refractivity contribution in [1.29, 1.82) is 0 Å². The number of ether oxygens (including phenoxy) is 1. The minimum atomic E-state index is 0.0687. The molecule has 4 N–H and O–H groups in total. The van der Waals surface area contributed by atoms with Gasteiger partial charge < -0.3 is 30.9 Å². The molecule has 0 bridgehead atoms. The molecule has 1 aromatic heterocycles. The predicted octanol–water partition coefficient (Wildman–Crippen LogP) is 3.37. The first-order valence-corrected chi connectivity index (χ1v) is 12.6. The van der Waals surface area contributed by atoms with Crippen LogP contribution in [0.5, 0.6) is 0 Å². The molecule has 5 rings (SSSR count). The number of nitrogens with two attached hydrogens (primary N) is 1. The van der Waals surface area contributed by atoms with Gasteiger partial charge in [-0.3, -0.25) is 4.79 Å². The Bertz CT molecular complexity index is 1260. The van der Waals surface area contributed by atoms with E-state index in [2.05, 4.69) is 39.2 Å². The van der Waals surface area contributed by atoms with Crippen LogP contribution in [0.25, 0.3) is 10.1 Å². The van der Waals surface area contributed by atoms with Crippen LogP contribution in [0.4, 0.5) is 17.1 Å². The summed E-state index contributed by atoms with van der Waals surface area (Å²) in [5.41, 5.74) is 9.95. The predicted molar refractivity (Wildman–Crippen MR) is 145 cm³/mol. The number of nitrogens with one attached hydrogen (secondary N) is 2. The molecule has 2 saturated heterocycles. The van der Waals surface area contributed by atoms with Gasteiger partial charge >= 0.3 is 0 Å². The Kier molecular flexibility index (Phi) is 6.98. The van der Waals surface area contributed by atoms with E-state index in [-0.39, 0.29) is 5.91 Å². The number of carbonyl (C=O) groups is 1. The molecule has 0 atom stereocenters. The summed E-state index contributed by atoms with van der Waals surface area (Å²) in [5, 5.41) is 7.42. The number of nitrogens with zero attached hydrogens (tertiary/aromatic N) is 3. The first-order valence-electron chi connectivity index (χ1n) is 11.8. The van der Waals surface area contributed by atoms with Crippen molar-refractivity contribution < 1.29 is 9.53 Å². The number of aliphatic imine (C=N–C) groups is 1. The van der Waals surface area contributed by atoms with Crippen LogP contribution in [0.15, 0.2) is 59.9 Å². The topological polar surface area (TPSA) is 95.2 Å². The fourth-order valence-electron chi connectivity index (χ4n) is 4.34. The fraction of sp³-hybridized carbons (Fsp3) is 0.308. The number of carbonyl (C=O) groups excluding carboxylic acids is 1. The minimum Gasteiger partial charge on any atom is -0.398 e. The zero-order chi connectivity index (χ0) is 24.2. The van der Waals surface area contributed by atoms with Crippen molar-refractivity contribution >= 4 is 50.6 Å². The highest BCUT2D eigenvalue weighted by atomic mass is 32.1. The maximum atomic E-state index is 12.9. The normalized spacial score (nSPS) is 16.7. The number of nitrogen functional groups attached to an aromatic ring is 1. The van der Waals surface area contributed by atoms with Gasteiger partial charge in [-0.25, -0.2) is 4.99 Å². The average molecular weight is 491 g/mol.